The highest BCUT2D eigenvalue weighted by Gasteiger charge is 2.25. The highest BCUT2D eigenvalue weighted by Crippen LogP contribution is 2.25. The Bertz CT molecular complexity index is 921. The van der Waals surface area contributed by atoms with Gasteiger partial charge < -0.3 is 19.3 Å². The summed E-state index contributed by atoms with van der Waals surface area (Å²) < 4.78 is 19.6. The quantitative estimate of drug-likeness (QED) is 0.869. The molecule has 8 heteroatoms. The zero-order valence-corrected chi connectivity index (χ0v) is 15.0. The molecule has 0 aliphatic carbocycles. The average Bonchev–Trinajstić information content (AvgIpc) is 3.20. The van der Waals surface area contributed by atoms with Gasteiger partial charge in [-0.25, -0.2) is 9.18 Å². The van der Waals surface area contributed by atoms with Crippen LogP contribution in [0.15, 0.2) is 28.7 Å². The van der Waals surface area contributed by atoms with Crippen molar-refractivity contribution in [2.24, 2.45) is 0 Å². The van der Waals surface area contributed by atoms with Crippen LogP contribution < -0.4 is 4.90 Å². The molecule has 1 N–H and O–H groups in total. The molecule has 0 saturated carbocycles. The summed E-state index contributed by atoms with van der Waals surface area (Å²) in [4.78, 5) is 38.4. The summed E-state index contributed by atoms with van der Waals surface area (Å²) in [5.74, 6) is -1.94. The van der Waals surface area contributed by atoms with Crippen molar-refractivity contribution in [1.82, 2.24) is 4.90 Å². The molecule has 27 heavy (non-hydrogen) atoms. The van der Waals surface area contributed by atoms with Crippen molar-refractivity contribution >= 4 is 23.5 Å². The van der Waals surface area contributed by atoms with Gasteiger partial charge in [-0.1, -0.05) is 0 Å². The molecule has 0 spiro atoms. The van der Waals surface area contributed by atoms with Gasteiger partial charge in [-0.05, 0) is 37.6 Å². The lowest BCUT2D eigenvalue weighted by atomic mass is 10.1. The van der Waals surface area contributed by atoms with Crippen LogP contribution >= 0.6 is 0 Å². The second-order valence-electron chi connectivity index (χ2n) is 6.46. The third-order valence-corrected chi connectivity index (χ3v) is 4.50. The highest BCUT2D eigenvalue weighted by atomic mass is 19.1. The van der Waals surface area contributed by atoms with Crippen LogP contribution in [0.4, 0.5) is 10.1 Å². The summed E-state index contributed by atoms with van der Waals surface area (Å²) in [5, 5.41) is 9.07. The van der Waals surface area contributed by atoms with Crippen LogP contribution in [0, 0.1) is 12.7 Å². The molecular formula is C19H19FN2O5. The van der Waals surface area contributed by atoms with Crippen molar-refractivity contribution in [3.05, 3.63) is 52.7 Å². The van der Waals surface area contributed by atoms with Crippen LogP contribution in [-0.4, -0.2) is 41.4 Å². The Balaban J connectivity index is 1.81. The molecule has 0 atom stereocenters. The molecule has 1 aromatic carbocycles. The number of amides is 2. The zero-order chi connectivity index (χ0) is 19.7. The number of benzene rings is 1. The fraction of sp³-hybridized carbons (Fsp3) is 0.316. The second-order valence-corrected chi connectivity index (χ2v) is 6.46. The van der Waals surface area contributed by atoms with Gasteiger partial charge in [0.25, 0.3) is 5.91 Å². The van der Waals surface area contributed by atoms with Gasteiger partial charge in [-0.15, -0.1) is 0 Å². The zero-order valence-electron chi connectivity index (χ0n) is 15.0. The van der Waals surface area contributed by atoms with E-state index in [0.717, 1.165) is 6.42 Å². The van der Waals surface area contributed by atoms with E-state index in [9.17, 15) is 18.8 Å². The van der Waals surface area contributed by atoms with E-state index in [1.165, 1.54) is 48.0 Å². The summed E-state index contributed by atoms with van der Waals surface area (Å²) in [7, 11) is 1.47. The van der Waals surface area contributed by atoms with Crippen LogP contribution in [0.1, 0.15) is 45.1 Å². The van der Waals surface area contributed by atoms with Crippen LogP contribution in [0.5, 0.6) is 0 Å². The Hall–Kier alpha value is -3.16. The molecule has 2 amide bonds. The Morgan fingerprint density at radius 1 is 1.30 bits per heavy atom. The molecule has 142 valence electrons. The number of rotatable bonds is 5. The Kier molecular flexibility index (Phi) is 4.98. The first-order valence-corrected chi connectivity index (χ1v) is 8.46. The molecule has 1 aromatic heterocycles. The van der Waals surface area contributed by atoms with Crippen LogP contribution in [0.25, 0.3) is 0 Å². The Morgan fingerprint density at radius 3 is 2.63 bits per heavy atom. The first kappa shape index (κ1) is 18.6. The van der Waals surface area contributed by atoms with Crippen molar-refractivity contribution < 1.29 is 28.3 Å². The Morgan fingerprint density at radius 2 is 2.04 bits per heavy atom. The van der Waals surface area contributed by atoms with Gasteiger partial charge in [0.05, 0.1) is 12.1 Å². The fourth-order valence-electron chi connectivity index (χ4n) is 3.11. The number of hydrogen-bond donors (Lipinski definition) is 1. The van der Waals surface area contributed by atoms with E-state index >= 15 is 0 Å². The van der Waals surface area contributed by atoms with Crippen LogP contribution in [0.3, 0.4) is 0 Å². The topological polar surface area (TPSA) is 91.1 Å². The predicted octanol–water partition coefficient (Wildman–Crippen LogP) is 2.82. The summed E-state index contributed by atoms with van der Waals surface area (Å²) in [6, 6.07) is 5.36. The van der Waals surface area contributed by atoms with Crippen LogP contribution in [-0.2, 0) is 11.3 Å². The summed E-state index contributed by atoms with van der Waals surface area (Å²) in [6.07, 6.45) is 1.16. The average molecular weight is 374 g/mol. The number of aryl methyl sites for hydroxylation is 1. The maximum absolute atomic E-state index is 14.2. The minimum absolute atomic E-state index is 0.0146. The number of carbonyl (C=O) groups excluding carboxylic acids is 2. The first-order chi connectivity index (χ1) is 12.8. The maximum Gasteiger partial charge on any atom is 0.339 e. The van der Waals surface area contributed by atoms with E-state index in [1.807, 2.05) is 0 Å². The molecule has 0 radical (unpaired) electrons. The SMILES string of the molecule is Cc1oc(CN(C)C(=O)c2cc(N3CCCC3=O)ccc2F)cc1C(=O)O. The monoisotopic (exact) mass is 374 g/mol. The minimum atomic E-state index is -1.12. The van der Waals surface area contributed by atoms with Gasteiger partial charge in [0, 0.05) is 25.7 Å². The smallest absolute Gasteiger partial charge is 0.339 e. The molecular weight excluding hydrogens is 355 g/mol. The molecule has 0 bridgehead atoms. The summed E-state index contributed by atoms with van der Waals surface area (Å²) in [6.45, 7) is 2.04. The molecule has 2 heterocycles. The molecule has 7 nitrogen and oxygen atoms in total. The van der Waals surface area contributed by atoms with E-state index in [0.29, 0.717) is 18.7 Å². The Labute approximate surface area is 155 Å². The summed E-state index contributed by atoms with van der Waals surface area (Å²) in [5.41, 5.74) is 0.348. The van der Waals surface area contributed by atoms with Crippen molar-refractivity contribution in [1.29, 1.82) is 0 Å². The lowest BCUT2D eigenvalue weighted by Gasteiger charge is -2.19. The van der Waals surface area contributed by atoms with E-state index in [1.54, 1.807) is 0 Å². The van der Waals surface area contributed by atoms with E-state index < -0.39 is 17.7 Å². The van der Waals surface area contributed by atoms with E-state index in [4.69, 9.17) is 9.52 Å². The lowest BCUT2D eigenvalue weighted by Crippen LogP contribution is -2.28. The molecule has 1 aliphatic rings. The van der Waals surface area contributed by atoms with Gasteiger partial charge in [-0.3, -0.25) is 9.59 Å². The normalized spacial score (nSPS) is 13.9. The van der Waals surface area contributed by atoms with Crippen molar-refractivity contribution in [3.8, 4) is 0 Å². The molecule has 1 saturated heterocycles. The largest absolute Gasteiger partial charge is 0.478 e. The van der Waals surface area contributed by atoms with Crippen LogP contribution in [0.2, 0.25) is 0 Å². The second kappa shape index (κ2) is 7.22. The number of carbonyl (C=O) groups is 3. The van der Waals surface area contributed by atoms with Crippen molar-refractivity contribution in [2.75, 3.05) is 18.5 Å². The van der Waals surface area contributed by atoms with Gasteiger partial charge in [0.2, 0.25) is 5.91 Å². The first-order valence-electron chi connectivity index (χ1n) is 8.46. The lowest BCUT2D eigenvalue weighted by molar-refractivity contribution is -0.117. The number of furan rings is 1. The van der Waals surface area contributed by atoms with E-state index in [-0.39, 0.29) is 35.1 Å². The molecule has 1 aliphatic heterocycles. The van der Waals surface area contributed by atoms with Gasteiger partial charge >= 0.3 is 5.97 Å². The molecule has 3 rings (SSSR count). The fourth-order valence-corrected chi connectivity index (χ4v) is 3.11. The van der Waals surface area contributed by atoms with Gasteiger partial charge in [-0.2, -0.15) is 0 Å². The highest BCUT2D eigenvalue weighted by molar-refractivity contribution is 5.99. The van der Waals surface area contributed by atoms with Gasteiger partial charge in [0.1, 0.15) is 22.9 Å². The molecule has 1 fully saturated rings. The standard InChI is InChI=1S/C19H19FN2O5/c1-11-14(19(25)26)9-13(27-11)10-21(2)18(24)15-8-12(5-6-16(15)20)22-7-3-4-17(22)23/h5-6,8-9H,3-4,7,10H2,1-2H3,(H,25,26). The third kappa shape index (κ3) is 3.69. The van der Waals surface area contributed by atoms with E-state index in [2.05, 4.69) is 0 Å². The molecule has 0 unspecified atom stereocenters. The van der Waals surface area contributed by atoms with Crippen molar-refractivity contribution in [3.63, 3.8) is 0 Å². The minimum Gasteiger partial charge on any atom is -0.478 e. The summed E-state index contributed by atoms with van der Waals surface area (Å²) >= 11 is 0. The number of nitrogens with zero attached hydrogens (tertiary/aromatic N) is 2. The van der Waals surface area contributed by atoms with Gasteiger partial charge in [0.15, 0.2) is 0 Å². The number of aromatic carboxylic acids is 1. The third-order valence-electron chi connectivity index (χ3n) is 4.50. The maximum atomic E-state index is 14.2. The number of carboxylic acids is 1. The number of halogens is 1. The van der Waals surface area contributed by atoms with Crippen molar-refractivity contribution in [2.45, 2.75) is 26.3 Å². The number of carboxylic acid groups (broad SMARTS) is 1. The number of hydrogen-bond acceptors (Lipinski definition) is 4. The number of anilines is 1. The molecule has 2 aromatic rings. The predicted molar refractivity (Wildman–Crippen MR) is 94.2 cm³/mol.